The van der Waals surface area contributed by atoms with Crippen LogP contribution in [0, 0.1) is 11.3 Å². The molecule has 1 aromatic carbocycles. The standard InChI is InChI=1S/C18H27BrN2O3S/c1-4-18(2,3)12-5-7-13(8-6-12)21-17(22)15-11-14(25(20,23)24)9-10-16(15)19/h9-13H,4-8H2,1-3H3,(H,21,22)(H2,20,23,24). The molecule has 0 saturated heterocycles. The summed E-state index contributed by atoms with van der Waals surface area (Å²) in [6, 6.07) is 4.37. The number of hydrogen-bond acceptors (Lipinski definition) is 3. The second-order valence-electron chi connectivity index (χ2n) is 7.55. The number of benzene rings is 1. The lowest BCUT2D eigenvalue weighted by atomic mass is 9.69. The molecule has 2 rings (SSSR count). The van der Waals surface area contributed by atoms with Crippen molar-refractivity contribution in [2.24, 2.45) is 16.5 Å². The first-order chi connectivity index (χ1) is 11.5. The van der Waals surface area contributed by atoms with E-state index in [1.807, 2.05) is 0 Å². The SMILES string of the molecule is CCC(C)(C)C1CCC(NC(=O)c2cc(S(N)(=O)=O)ccc2Br)CC1. The number of amides is 1. The Hall–Kier alpha value is -0.920. The molecule has 1 aliphatic rings. The summed E-state index contributed by atoms with van der Waals surface area (Å²) in [5.41, 5.74) is 0.629. The number of primary sulfonamides is 1. The minimum absolute atomic E-state index is 0.0609. The van der Waals surface area contributed by atoms with E-state index in [0.29, 0.717) is 21.4 Å². The molecule has 0 atom stereocenters. The quantitative estimate of drug-likeness (QED) is 0.743. The largest absolute Gasteiger partial charge is 0.349 e. The van der Waals surface area contributed by atoms with E-state index in [2.05, 4.69) is 42.0 Å². The molecule has 0 spiro atoms. The molecule has 25 heavy (non-hydrogen) atoms. The fraction of sp³-hybridized carbons (Fsp3) is 0.611. The maximum absolute atomic E-state index is 12.6. The number of carbonyl (C=O) groups excluding carboxylic acids is 1. The Morgan fingerprint density at radius 3 is 2.40 bits per heavy atom. The van der Waals surface area contributed by atoms with Crippen LogP contribution < -0.4 is 10.5 Å². The van der Waals surface area contributed by atoms with Crippen molar-refractivity contribution in [1.29, 1.82) is 0 Å². The van der Waals surface area contributed by atoms with Crippen LogP contribution in [0.1, 0.15) is 63.2 Å². The van der Waals surface area contributed by atoms with Gasteiger partial charge < -0.3 is 5.32 Å². The molecule has 1 saturated carbocycles. The van der Waals surface area contributed by atoms with Gasteiger partial charge in [0.15, 0.2) is 0 Å². The zero-order valence-corrected chi connectivity index (χ0v) is 17.4. The lowest BCUT2D eigenvalue weighted by molar-refractivity contribution is 0.0892. The molecule has 0 aliphatic heterocycles. The second-order valence-corrected chi connectivity index (χ2v) is 9.97. The average Bonchev–Trinajstić information content (AvgIpc) is 2.54. The first kappa shape index (κ1) is 20.4. The van der Waals surface area contributed by atoms with E-state index in [1.165, 1.54) is 18.2 Å². The molecule has 0 heterocycles. The van der Waals surface area contributed by atoms with Gasteiger partial charge in [-0.15, -0.1) is 0 Å². The van der Waals surface area contributed by atoms with Gasteiger partial charge in [0.1, 0.15) is 0 Å². The number of nitrogens with one attached hydrogen (secondary N) is 1. The smallest absolute Gasteiger partial charge is 0.252 e. The van der Waals surface area contributed by atoms with E-state index in [-0.39, 0.29) is 16.8 Å². The summed E-state index contributed by atoms with van der Waals surface area (Å²) in [4.78, 5) is 12.5. The van der Waals surface area contributed by atoms with Gasteiger partial charge in [0.25, 0.3) is 5.91 Å². The van der Waals surface area contributed by atoms with Gasteiger partial charge in [-0.3, -0.25) is 4.79 Å². The number of halogens is 1. The van der Waals surface area contributed by atoms with Gasteiger partial charge in [0, 0.05) is 10.5 Å². The number of nitrogens with two attached hydrogens (primary N) is 1. The van der Waals surface area contributed by atoms with E-state index >= 15 is 0 Å². The summed E-state index contributed by atoms with van der Waals surface area (Å²) in [6.07, 6.45) is 5.26. The number of rotatable bonds is 5. The summed E-state index contributed by atoms with van der Waals surface area (Å²) >= 11 is 3.31. The van der Waals surface area contributed by atoms with Crippen LogP contribution in [0.4, 0.5) is 0 Å². The Labute approximate surface area is 158 Å². The highest BCUT2D eigenvalue weighted by Gasteiger charge is 2.32. The van der Waals surface area contributed by atoms with E-state index in [1.54, 1.807) is 0 Å². The third-order valence-electron chi connectivity index (χ3n) is 5.59. The monoisotopic (exact) mass is 430 g/mol. The van der Waals surface area contributed by atoms with E-state index < -0.39 is 10.0 Å². The van der Waals surface area contributed by atoms with Crippen molar-refractivity contribution in [3.05, 3.63) is 28.2 Å². The van der Waals surface area contributed by atoms with Crippen LogP contribution in [0.2, 0.25) is 0 Å². The minimum Gasteiger partial charge on any atom is -0.349 e. The second kappa shape index (κ2) is 7.76. The first-order valence-electron chi connectivity index (χ1n) is 8.68. The minimum atomic E-state index is -3.84. The van der Waals surface area contributed by atoms with Crippen LogP contribution >= 0.6 is 15.9 Å². The molecule has 3 N–H and O–H groups in total. The van der Waals surface area contributed by atoms with E-state index in [0.717, 1.165) is 32.1 Å². The molecular formula is C18H27BrN2O3S. The Balaban J connectivity index is 2.04. The lowest BCUT2D eigenvalue weighted by Crippen LogP contribution is -2.40. The highest BCUT2D eigenvalue weighted by atomic mass is 79.9. The van der Waals surface area contributed by atoms with Gasteiger partial charge in [-0.25, -0.2) is 13.6 Å². The van der Waals surface area contributed by atoms with Crippen molar-refractivity contribution in [2.45, 2.75) is 63.8 Å². The van der Waals surface area contributed by atoms with Crippen molar-refractivity contribution < 1.29 is 13.2 Å². The normalized spacial score (nSPS) is 21.8. The molecule has 7 heteroatoms. The zero-order valence-electron chi connectivity index (χ0n) is 15.0. The molecule has 1 amide bonds. The number of carbonyl (C=O) groups is 1. The third kappa shape index (κ3) is 5.05. The van der Waals surface area contributed by atoms with Gasteiger partial charge in [0.2, 0.25) is 10.0 Å². The fourth-order valence-electron chi connectivity index (χ4n) is 3.43. The maximum Gasteiger partial charge on any atom is 0.252 e. The summed E-state index contributed by atoms with van der Waals surface area (Å²) in [5.74, 6) is 0.415. The van der Waals surface area contributed by atoms with Gasteiger partial charge >= 0.3 is 0 Å². The summed E-state index contributed by atoms with van der Waals surface area (Å²) < 4.78 is 23.6. The topological polar surface area (TPSA) is 89.3 Å². The third-order valence-corrected chi connectivity index (χ3v) is 7.19. The molecule has 0 bridgehead atoms. The Morgan fingerprint density at radius 1 is 1.28 bits per heavy atom. The zero-order chi connectivity index (χ0) is 18.8. The van der Waals surface area contributed by atoms with Crippen LogP contribution in [-0.4, -0.2) is 20.4 Å². The van der Waals surface area contributed by atoms with Crippen molar-refractivity contribution >= 4 is 31.9 Å². The molecule has 1 aliphatic carbocycles. The molecule has 0 aromatic heterocycles. The van der Waals surface area contributed by atoms with Gasteiger partial charge in [-0.2, -0.15) is 0 Å². The van der Waals surface area contributed by atoms with Crippen LogP contribution in [0.3, 0.4) is 0 Å². The molecule has 0 radical (unpaired) electrons. The molecule has 0 unspecified atom stereocenters. The van der Waals surface area contributed by atoms with Crippen molar-refractivity contribution in [2.75, 3.05) is 0 Å². The first-order valence-corrected chi connectivity index (χ1v) is 11.0. The average molecular weight is 431 g/mol. The lowest BCUT2D eigenvalue weighted by Gasteiger charge is -2.39. The molecule has 1 fully saturated rings. The molecule has 140 valence electrons. The summed E-state index contributed by atoms with van der Waals surface area (Å²) in [7, 11) is -3.84. The Morgan fingerprint density at radius 2 is 1.88 bits per heavy atom. The molecule has 5 nitrogen and oxygen atoms in total. The Kier molecular flexibility index (Phi) is 6.33. The van der Waals surface area contributed by atoms with Crippen LogP contribution in [0.25, 0.3) is 0 Å². The highest BCUT2D eigenvalue weighted by Crippen LogP contribution is 2.40. The van der Waals surface area contributed by atoms with Crippen molar-refractivity contribution in [3.8, 4) is 0 Å². The predicted molar refractivity (Wildman–Crippen MR) is 103 cm³/mol. The van der Waals surface area contributed by atoms with Crippen LogP contribution in [0.5, 0.6) is 0 Å². The Bertz CT molecular complexity index is 739. The predicted octanol–water partition coefficient (Wildman–Crippen LogP) is 3.82. The molecule has 1 aromatic rings. The van der Waals surface area contributed by atoms with Gasteiger partial charge in [-0.1, -0.05) is 27.2 Å². The van der Waals surface area contributed by atoms with Crippen LogP contribution in [0.15, 0.2) is 27.6 Å². The maximum atomic E-state index is 12.6. The number of hydrogen-bond donors (Lipinski definition) is 2. The van der Waals surface area contributed by atoms with Gasteiger partial charge in [-0.05, 0) is 71.1 Å². The fourth-order valence-corrected chi connectivity index (χ4v) is 4.39. The molecular weight excluding hydrogens is 404 g/mol. The van der Waals surface area contributed by atoms with Crippen molar-refractivity contribution in [1.82, 2.24) is 5.32 Å². The summed E-state index contributed by atoms with van der Waals surface area (Å²) in [6.45, 7) is 6.85. The van der Waals surface area contributed by atoms with E-state index in [4.69, 9.17) is 5.14 Å². The van der Waals surface area contributed by atoms with Crippen LogP contribution in [-0.2, 0) is 10.0 Å². The number of sulfonamides is 1. The highest BCUT2D eigenvalue weighted by molar-refractivity contribution is 9.10. The summed E-state index contributed by atoms with van der Waals surface area (Å²) in [5, 5.41) is 8.19. The van der Waals surface area contributed by atoms with Crippen molar-refractivity contribution in [3.63, 3.8) is 0 Å². The van der Waals surface area contributed by atoms with E-state index in [9.17, 15) is 13.2 Å². The van der Waals surface area contributed by atoms with Gasteiger partial charge in [0.05, 0.1) is 10.5 Å².